The van der Waals surface area contributed by atoms with Gasteiger partial charge in [-0.05, 0) is 30.5 Å². The van der Waals surface area contributed by atoms with E-state index in [0.29, 0.717) is 6.42 Å². The van der Waals surface area contributed by atoms with Crippen molar-refractivity contribution < 1.29 is 9.53 Å². The van der Waals surface area contributed by atoms with Crippen LogP contribution >= 0.6 is 0 Å². The number of benzene rings is 1. The molecule has 1 heterocycles. The van der Waals surface area contributed by atoms with Gasteiger partial charge in [0, 0.05) is 12.8 Å². The Balaban J connectivity index is 2.36. The van der Waals surface area contributed by atoms with Gasteiger partial charge < -0.3 is 4.74 Å². The molecule has 0 amide bonds. The van der Waals surface area contributed by atoms with Crippen molar-refractivity contribution in [3.63, 3.8) is 0 Å². The zero-order valence-electron chi connectivity index (χ0n) is 8.59. The van der Waals surface area contributed by atoms with Crippen molar-refractivity contribution >= 4 is 5.78 Å². The highest BCUT2D eigenvalue weighted by molar-refractivity contribution is 5.78. The van der Waals surface area contributed by atoms with E-state index in [1.54, 1.807) is 6.92 Å². The third kappa shape index (κ3) is 1.65. The first kappa shape index (κ1) is 9.25. The summed E-state index contributed by atoms with van der Waals surface area (Å²) in [4.78, 5) is 11.0. The van der Waals surface area contributed by atoms with Crippen LogP contribution in [0, 0.1) is 6.92 Å². The molecule has 1 aliphatic rings. The fourth-order valence-electron chi connectivity index (χ4n) is 1.97. The Bertz CT molecular complexity index is 380. The maximum atomic E-state index is 11.0. The Labute approximate surface area is 83.9 Å². The molecule has 14 heavy (non-hydrogen) atoms. The van der Waals surface area contributed by atoms with Gasteiger partial charge in [0.1, 0.15) is 11.5 Å². The molecule has 0 spiro atoms. The van der Waals surface area contributed by atoms with Crippen LogP contribution in [0.25, 0.3) is 0 Å². The summed E-state index contributed by atoms with van der Waals surface area (Å²) in [6, 6.07) is 4.14. The first-order chi connectivity index (χ1) is 6.66. The van der Waals surface area contributed by atoms with E-state index in [1.807, 2.05) is 13.0 Å². The maximum Gasteiger partial charge on any atom is 0.134 e. The van der Waals surface area contributed by atoms with Gasteiger partial charge in [0.05, 0.1) is 6.61 Å². The number of aryl methyl sites for hydroxylation is 1. The third-order valence-electron chi connectivity index (χ3n) is 2.48. The normalized spacial score (nSPS) is 13.6. The number of carbonyl (C=O) groups is 1. The number of hydrogen-bond acceptors (Lipinski definition) is 2. The van der Waals surface area contributed by atoms with Gasteiger partial charge in [-0.15, -0.1) is 0 Å². The lowest BCUT2D eigenvalue weighted by molar-refractivity contribution is -0.116. The molecule has 0 saturated heterocycles. The van der Waals surface area contributed by atoms with Gasteiger partial charge in [-0.1, -0.05) is 12.1 Å². The first-order valence-electron chi connectivity index (χ1n) is 4.91. The molecule has 0 saturated carbocycles. The topological polar surface area (TPSA) is 26.3 Å². The fraction of sp³-hybridized carbons (Fsp3) is 0.417. The largest absolute Gasteiger partial charge is 0.493 e. The van der Waals surface area contributed by atoms with E-state index >= 15 is 0 Å². The lowest BCUT2D eigenvalue weighted by Crippen LogP contribution is -1.97. The summed E-state index contributed by atoms with van der Waals surface area (Å²) in [5.41, 5.74) is 3.51. The van der Waals surface area contributed by atoms with Crippen LogP contribution in [0.5, 0.6) is 5.75 Å². The second-order valence-corrected chi connectivity index (χ2v) is 3.88. The van der Waals surface area contributed by atoms with E-state index in [9.17, 15) is 4.79 Å². The number of fused-ring (bicyclic) bond motifs is 1. The smallest absolute Gasteiger partial charge is 0.134 e. The van der Waals surface area contributed by atoms with Crippen LogP contribution in [0.1, 0.15) is 23.6 Å². The van der Waals surface area contributed by atoms with Gasteiger partial charge in [0.15, 0.2) is 0 Å². The first-order valence-corrected chi connectivity index (χ1v) is 4.91. The van der Waals surface area contributed by atoms with Crippen LogP contribution in [0.2, 0.25) is 0 Å². The van der Waals surface area contributed by atoms with Crippen LogP contribution in [-0.2, 0) is 17.6 Å². The molecule has 0 fully saturated rings. The van der Waals surface area contributed by atoms with E-state index in [0.717, 1.165) is 29.9 Å². The van der Waals surface area contributed by atoms with Crippen molar-refractivity contribution in [1.82, 2.24) is 0 Å². The summed E-state index contributed by atoms with van der Waals surface area (Å²) >= 11 is 0. The summed E-state index contributed by atoms with van der Waals surface area (Å²) < 4.78 is 5.50. The molecule has 2 rings (SSSR count). The van der Waals surface area contributed by atoms with Crippen molar-refractivity contribution in [2.24, 2.45) is 0 Å². The molecular weight excluding hydrogens is 176 g/mol. The molecule has 74 valence electrons. The molecule has 1 aromatic carbocycles. The minimum Gasteiger partial charge on any atom is -0.493 e. The Morgan fingerprint density at radius 2 is 2.29 bits per heavy atom. The van der Waals surface area contributed by atoms with Crippen molar-refractivity contribution in [2.75, 3.05) is 6.61 Å². The van der Waals surface area contributed by atoms with Crippen molar-refractivity contribution in [1.29, 1.82) is 0 Å². The van der Waals surface area contributed by atoms with Gasteiger partial charge in [-0.2, -0.15) is 0 Å². The minimum absolute atomic E-state index is 0.211. The lowest BCUT2D eigenvalue weighted by atomic mass is 10.0. The quantitative estimate of drug-likeness (QED) is 0.713. The predicted molar refractivity (Wildman–Crippen MR) is 54.8 cm³/mol. The molecule has 0 unspecified atom stereocenters. The van der Waals surface area contributed by atoms with E-state index in [2.05, 4.69) is 6.07 Å². The van der Waals surface area contributed by atoms with E-state index < -0.39 is 0 Å². The van der Waals surface area contributed by atoms with Gasteiger partial charge in [-0.3, -0.25) is 4.79 Å². The maximum absolute atomic E-state index is 11.0. The summed E-state index contributed by atoms with van der Waals surface area (Å²) in [7, 11) is 0. The Hall–Kier alpha value is -1.31. The molecular formula is C12H14O2. The van der Waals surface area contributed by atoms with E-state index in [1.165, 1.54) is 5.56 Å². The monoisotopic (exact) mass is 190 g/mol. The number of Topliss-reactive ketones (excluding diaryl/α,β-unsaturated/α-hetero) is 1. The van der Waals surface area contributed by atoms with Crippen molar-refractivity contribution in [2.45, 2.75) is 26.7 Å². The average molecular weight is 190 g/mol. The number of hydrogen-bond donors (Lipinski definition) is 0. The molecule has 0 bridgehead atoms. The molecule has 1 aromatic rings. The van der Waals surface area contributed by atoms with Crippen LogP contribution in [-0.4, -0.2) is 12.4 Å². The highest BCUT2D eigenvalue weighted by atomic mass is 16.5. The molecule has 1 aliphatic heterocycles. The second-order valence-electron chi connectivity index (χ2n) is 3.88. The zero-order valence-corrected chi connectivity index (χ0v) is 8.59. The number of ether oxygens (including phenoxy) is 1. The Kier molecular flexibility index (Phi) is 2.28. The molecule has 0 radical (unpaired) electrons. The van der Waals surface area contributed by atoms with E-state index in [-0.39, 0.29) is 5.78 Å². The fourth-order valence-corrected chi connectivity index (χ4v) is 1.97. The Morgan fingerprint density at radius 3 is 3.00 bits per heavy atom. The van der Waals surface area contributed by atoms with Crippen LogP contribution in [0.3, 0.4) is 0 Å². The van der Waals surface area contributed by atoms with Crippen LogP contribution in [0.15, 0.2) is 12.1 Å². The standard InChI is InChI=1S/C12H14O2/c1-8-5-10(6-9(2)13)7-11-3-4-14-12(8)11/h5,7H,3-4,6H2,1-2H3. The molecule has 2 heteroatoms. The zero-order chi connectivity index (χ0) is 10.1. The average Bonchev–Trinajstić information content (AvgIpc) is 2.50. The van der Waals surface area contributed by atoms with Crippen LogP contribution < -0.4 is 4.74 Å². The van der Waals surface area contributed by atoms with Gasteiger partial charge in [0.25, 0.3) is 0 Å². The summed E-state index contributed by atoms with van der Waals surface area (Å²) in [6.45, 7) is 4.44. The van der Waals surface area contributed by atoms with Gasteiger partial charge in [-0.25, -0.2) is 0 Å². The van der Waals surface area contributed by atoms with Crippen molar-refractivity contribution in [3.8, 4) is 5.75 Å². The molecule has 2 nitrogen and oxygen atoms in total. The minimum atomic E-state index is 0.211. The van der Waals surface area contributed by atoms with Crippen LogP contribution in [0.4, 0.5) is 0 Å². The Morgan fingerprint density at radius 1 is 1.50 bits per heavy atom. The predicted octanol–water partition coefficient (Wildman–Crippen LogP) is 2.06. The third-order valence-corrected chi connectivity index (χ3v) is 2.48. The summed E-state index contributed by atoms with van der Waals surface area (Å²) in [5, 5.41) is 0. The van der Waals surface area contributed by atoms with E-state index in [4.69, 9.17) is 4.74 Å². The summed E-state index contributed by atoms with van der Waals surface area (Å²) in [5.74, 6) is 1.24. The highest BCUT2D eigenvalue weighted by Gasteiger charge is 2.15. The highest BCUT2D eigenvalue weighted by Crippen LogP contribution is 2.30. The number of carbonyl (C=O) groups excluding carboxylic acids is 1. The number of ketones is 1. The van der Waals surface area contributed by atoms with Crippen molar-refractivity contribution in [3.05, 3.63) is 28.8 Å². The molecule has 0 N–H and O–H groups in total. The summed E-state index contributed by atoms with van der Waals surface area (Å²) in [6.07, 6.45) is 1.51. The molecule has 0 aromatic heterocycles. The molecule has 0 atom stereocenters. The lowest BCUT2D eigenvalue weighted by Gasteiger charge is -2.06. The molecule has 0 aliphatic carbocycles. The second kappa shape index (κ2) is 3.45. The van der Waals surface area contributed by atoms with Gasteiger partial charge in [0.2, 0.25) is 0 Å². The SMILES string of the molecule is CC(=O)Cc1cc(C)c2c(c1)CCO2. The van der Waals surface area contributed by atoms with Gasteiger partial charge >= 0.3 is 0 Å². The number of rotatable bonds is 2.